The maximum absolute atomic E-state index is 9.44. The number of ether oxygens (including phenoxy) is 2. The number of hydrogen-bond donors (Lipinski definition) is 0. The highest BCUT2D eigenvalue weighted by Gasteiger charge is 2.56. The van der Waals surface area contributed by atoms with Gasteiger partial charge in [-0.05, 0) is 145 Å². The first-order valence-electron chi connectivity index (χ1n) is 37.7. The summed E-state index contributed by atoms with van der Waals surface area (Å²) in [6.45, 7) is 8.37. The second kappa shape index (κ2) is 31.1. The van der Waals surface area contributed by atoms with E-state index in [0.29, 0.717) is 46.1 Å². The van der Waals surface area contributed by atoms with Gasteiger partial charge in [-0.1, -0.05) is 301 Å². The fourth-order valence-corrected chi connectivity index (χ4v) is 16.0. The summed E-state index contributed by atoms with van der Waals surface area (Å²) in [6, 6.07) is 127. The van der Waals surface area contributed by atoms with Crippen LogP contribution >= 0.6 is 15.9 Å². The summed E-state index contributed by atoms with van der Waals surface area (Å²) in [5, 5.41) is 18.5. The lowest BCUT2D eigenvalue weighted by atomic mass is 9.58. The van der Waals surface area contributed by atoms with E-state index in [0.717, 1.165) is 111 Å². The van der Waals surface area contributed by atoms with Gasteiger partial charge in [0.25, 0.3) is 0 Å². The minimum absolute atomic E-state index is 0. The van der Waals surface area contributed by atoms with Gasteiger partial charge < -0.3 is 18.8 Å². The van der Waals surface area contributed by atoms with E-state index in [1.54, 1.807) is 24.3 Å². The molecule has 114 heavy (non-hydrogen) atoms. The van der Waals surface area contributed by atoms with Crippen LogP contribution < -0.4 is 14.9 Å². The van der Waals surface area contributed by atoms with Crippen molar-refractivity contribution in [3.63, 3.8) is 0 Å². The molecule has 14 heteroatoms. The standard InChI is InChI=1S/C47H30N4O.C31H29BO3.C22H13BrN4.H2/c48-31-32-27-29-34(30-28-32)45-49-44(33-15-4-1-5-16-33)50-46(51-45)39-22-11-10-21-37(39)38-23-14-26-42-43(38)47(35-17-6-2-7-18-35,36-19-8-3-9-20-36)40-24-12-13-25-41(40)52-42;1-29(2)30(3,4)35-32(34-29)25-19-13-21-27-28(25)31(22-14-7-5-8-15-22,23-16-9-6-10-17-23)24-18-11-12-20-26(24)33-27;23-19-9-5-4-8-18(19)22-26-20(16-6-2-1-3-7-16)25-21(27-22)17-12-10-15(14-24)11-13-17;/h1-30H;5-21H,1-4H3;1-13H;1H/i;;;1+1. The van der Waals surface area contributed by atoms with Crippen LogP contribution in [-0.4, -0.2) is 48.2 Å². The molecule has 0 saturated carbocycles. The molecule has 12 nitrogen and oxygen atoms in total. The SMILES string of the molecule is CC1(C)OB(c2cccc3c2C(c2ccccc2)(c2ccccc2)c2ccccc2O3)OC1(C)C.N#Cc1ccc(-c2nc(-c3ccccc3)nc(-c3ccccc3-c3cccc4c3C(c3ccccc3)(c3ccccc3)c3ccccc3O4)n2)cc1.N#Cc1ccc(-c2nc(-c3ccccc3)nc(-c3ccccc3Br)n2)cc1.[2HH]. The quantitative estimate of drug-likeness (QED) is 0.107. The van der Waals surface area contributed by atoms with Crippen molar-refractivity contribution in [2.75, 3.05) is 0 Å². The Hall–Kier alpha value is -13.9. The predicted molar refractivity (Wildman–Crippen MR) is 456 cm³/mol. The molecule has 548 valence electrons. The molecular weight excluding hydrogens is 1470 g/mol. The Kier molecular flexibility index (Phi) is 19.9. The Balaban J connectivity index is 0.000000137. The number of hydrogen-bond acceptors (Lipinski definition) is 12. The second-order valence-electron chi connectivity index (χ2n) is 28.9. The van der Waals surface area contributed by atoms with Gasteiger partial charge in [-0.3, -0.25) is 0 Å². The van der Waals surface area contributed by atoms with Crippen molar-refractivity contribution < 1.29 is 20.2 Å². The molecule has 0 atom stereocenters. The van der Waals surface area contributed by atoms with Crippen LogP contribution in [0, 0.1) is 22.7 Å². The zero-order chi connectivity index (χ0) is 77.8. The third kappa shape index (κ3) is 13.6. The predicted octanol–water partition coefficient (Wildman–Crippen LogP) is 23.1. The Morgan fingerprint density at radius 2 is 0.596 bits per heavy atom. The number of benzene rings is 14. The molecule has 1 fully saturated rings. The minimum Gasteiger partial charge on any atom is -0.457 e. The average Bonchev–Trinajstić information content (AvgIpc) is 1.56. The van der Waals surface area contributed by atoms with Gasteiger partial charge in [0.15, 0.2) is 34.9 Å². The van der Waals surface area contributed by atoms with E-state index in [2.05, 4.69) is 277 Å². The lowest BCUT2D eigenvalue weighted by Crippen LogP contribution is -2.45. The first-order chi connectivity index (χ1) is 55.8. The van der Waals surface area contributed by atoms with Crippen molar-refractivity contribution in [1.29, 1.82) is 10.5 Å². The van der Waals surface area contributed by atoms with E-state index < -0.39 is 29.2 Å². The summed E-state index contributed by atoms with van der Waals surface area (Å²) in [4.78, 5) is 29.2. The normalized spacial score (nSPS) is 14.0. The van der Waals surface area contributed by atoms with Crippen LogP contribution in [-0.2, 0) is 20.1 Å². The number of nitriles is 2. The van der Waals surface area contributed by atoms with Crippen LogP contribution in [0.15, 0.2) is 368 Å². The Morgan fingerprint density at radius 1 is 0.289 bits per heavy atom. The van der Waals surface area contributed by atoms with Gasteiger partial charge in [-0.2, -0.15) is 10.5 Å². The highest BCUT2D eigenvalue weighted by Crippen LogP contribution is 2.59. The molecule has 16 aromatic rings. The molecule has 19 rings (SSSR count). The number of para-hydroxylation sites is 2. The third-order valence-corrected chi connectivity index (χ3v) is 22.3. The summed E-state index contributed by atoms with van der Waals surface area (Å²) in [7, 11) is -0.518. The number of nitrogens with zero attached hydrogens (tertiary/aromatic N) is 8. The van der Waals surface area contributed by atoms with Gasteiger partial charge in [-0.25, -0.2) is 29.9 Å². The molecule has 5 heterocycles. The molecular formula is C100H74BBrN8O4. The maximum atomic E-state index is 9.44. The highest BCUT2D eigenvalue weighted by molar-refractivity contribution is 9.10. The van der Waals surface area contributed by atoms with Gasteiger partial charge in [0.05, 0.1) is 45.3 Å². The van der Waals surface area contributed by atoms with E-state index in [1.165, 1.54) is 11.1 Å². The van der Waals surface area contributed by atoms with Crippen molar-refractivity contribution >= 4 is 28.5 Å². The van der Waals surface area contributed by atoms with Gasteiger partial charge in [0.2, 0.25) is 0 Å². The van der Waals surface area contributed by atoms with E-state index in [1.807, 2.05) is 133 Å². The molecule has 14 aromatic carbocycles. The third-order valence-electron chi connectivity index (χ3n) is 21.6. The smallest absolute Gasteiger partial charge is 0.457 e. The molecule has 0 unspecified atom stereocenters. The summed E-state index contributed by atoms with van der Waals surface area (Å²) in [5.74, 6) is 6.70. The molecule has 0 N–H and O–H groups in total. The van der Waals surface area contributed by atoms with Crippen LogP contribution in [0.3, 0.4) is 0 Å². The molecule has 0 amide bonds. The largest absolute Gasteiger partial charge is 0.495 e. The van der Waals surface area contributed by atoms with E-state index >= 15 is 0 Å². The van der Waals surface area contributed by atoms with Gasteiger partial charge in [0, 0.05) is 61.5 Å². The number of halogens is 1. The lowest BCUT2D eigenvalue weighted by Gasteiger charge is -2.43. The van der Waals surface area contributed by atoms with E-state index in [4.69, 9.17) is 39.0 Å². The van der Waals surface area contributed by atoms with Crippen molar-refractivity contribution in [1.82, 2.24) is 29.9 Å². The zero-order valence-corrected chi connectivity index (χ0v) is 64.4. The van der Waals surface area contributed by atoms with Crippen LogP contribution in [0.4, 0.5) is 0 Å². The summed E-state index contributed by atoms with van der Waals surface area (Å²) in [5.41, 5.74) is 16.0. The second-order valence-corrected chi connectivity index (χ2v) is 29.8. The fraction of sp³-hybridized carbons (Fsp3) is 0.0800. The Labute approximate surface area is 673 Å². The molecule has 0 radical (unpaired) electrons. The minimum atomic E-state index is -0.710. The van der Waals surface area contributed by atoms with Crippen molar-refractivity contribution in [3.8, 4) is 115 Å². The van der Waals surface area contributed by atoms with Gasteiger partial charge in [0.1, 0.15) is 23.0 Å². The maximum Gasteiger partial charge on any atom is 0.495 e. The topological polar surface area (TPSA) is 162 Å². The zero-order valence-electron chi connectivity index (χ0n) is 62.8. The average molecular weight is 1540 g/mol. The fourth-order valence-electron chi connectivity index (χ4n) is 15.6. The number of fused-ring (bicyclic) bond motifs is 4. The number of rotatable bonds is 12. The summed E-state index contributed by atoms with van der Waals surface area (Å²) in [6.07, 6.45) is 0. The van der Waals surface area contributed by atoms with Gasteiger partial charge >= 0.3 is 7.12 Å². The van der Waals surface area contributed by atoms with Gasteiger partial charge in [-0.15, -0.1) is 0 Å². The first-order valence-corrected chi connectivity index (χ1v) is 38.5. The van der Waals surface area contributed by atoms with Crippen molar-refractivity contribution in [2.24, 2.45) is 0 Å². The highest BCUT2D eigenvalue weighted by atomic mass is 79.9. The van der Waals surface area contributed by atoms with Crippen molar-refractivity contribution in [2.45, 2.75) is 49.7 Å². The summed E-state index contributed by atoms with van der Waals surface area (Å²) >= 11 is 3.58. The molecule has 0 spiro atoms. The van der Waals surface area contributed by atoms with Crippen molar-refractivity contribution in [3.05, 3.63) is 424 Å². The Bertz CT molecular complexity index is 6200. The molecule has 2 aromatic heterocycles. The monoisotopic (exact) mass is 1540 g/mol. The van der Waals surface area contributed by atoms with Crippen LogP contribution in [0.1, 0.15) is 84.8 Å². The van der Waals surface area contributed by atoms with Crippen LogP contribution in [0.25, 0.3) is 79.5 Å². The lowest BCUT2D eigenvalue weighted by molar-refractivity contribution is 0.00578. The Morgan fingerprint density at radius 3 is 1.02 bits per heavy atom. The first kappa shape index (κ1) is 73.0. The number of aromatic nitrogens is 6. The molecule has 0 aliphatic carbocycles. The molecule has 3 aliphatic heterocycles. The van der Waals surface area contributed by atoms with E-state index in [-0.39, 0.29) is 1.43 Å². The van der Waals surface area contributed by atoms with Crippen LogP contribution in [0.2, 0.25) is 0 Å². The summed E-state index contributed by atoms with van der Waals surface area (Å²) < 4.78 is 27.5. The van der Waals surface area contributed by atoms with Crippen LogP contribution in [0.5, 0.6) is 23.0 Å². The van der Waals surface area contributed by atoms with E-state index in [9.17, 15) is 5.26 Å². The molecule has 0 bridgehead atoms. The molecule has 3 aliphatic rings. The molecule has 1 saturated heterocycles.